The molecule has 5 atom stereocenters. The van der Waals surface area contributed by atoms with Gasteiger partial charge in [-0.3, -0.25) is 37.3 Å². The number of phosphoric ester groups is 2. The quantitative estimate of drug-likeness (QED) is 0.0169. The largest absolute Gasteiger partial charge is 0.472 e. The monoisotopic (exact) mass is 1390 g/mol. The van der Waals surface area contributed by atoms with Crippen molar-refractivity contribution in [2.75, 3.05) is 39.6 Å². The van der Waals surface area contributed by atoms with E-state index in [2.05, 4.69) is 76.3 Å². The number of hydrogen-bond acceptors (Lipinski definition) is 15. The van der Waals surface area contributed by atoms with Gasteiger partial charge in [0.1, 0.15) is 19.3 Å². The molecule has 0 bridgehead atoms. The third-order valence-electron chi connectivity index (χ3n) is 16.6. The molecule has 17 nitrogen and oxygen atoms in total. The average molecular weight is 1390 g/mol. The molecule has 0 saturated heterocycles. The van der Waals surface area contributed by atoms with Crippen molar-refractivity contribution in [1.82, 2.24) is 0 Å². The molecular weight excluding hydrogens is 1250 g/mol. The molecule has 0 amide bonds. The SMILES string of the molecule is CCCCCC/C=C\C=C/CCCCCCCC(=O)OC[C@H](COP(=O)(O)OC[C@@H](O)COP(=O)(O)OC[C@@H](COC(=O)CCCCCCCCCCCC)OC(=O)CCCCCCCCCCCCCCCCC)OC(=O)CCCCCCC/C=C\C=C/CCCCCC. The summed E-state index contributed by atoms with van der Waals surface area (Å²) in [5.74, 6) is -2.17. The zero-order chi connectivity index (χ0) is 69.7. The molecule has 2 unspecified atom stereocenters. The highest BCUT2D eigenvalue weighted by Gasteiger charge is 2.30. The van der Waals surface area contributed by atoms with Crippen LogP contribution in [0, 0.1) is 0 Å². The smallest absolute Gasteiger partial charge is 0.462 e. The van der Waals surface area contributed by atoms with Gasteiger partial charge in [0.05, 0.1) is 26.4 Å². The molecule has 0 heterocycles. The van der Waals surface area contributed by atoms with E-state index in [1.165, 1.54) is 154 Å². The maximum atomic E-state index is 13.1. The summed E-state index contributed by atoms with van der Waals surface area (Å²) in [5, 5.41) is 10.6. The van der Waals surface area contributed by atoms with Gasteiger partial charge in [-0.05, 0) is 77.0 Å². The predicted molar refractivity (Wildman–Crippen MR) is 386 cm³/mol. The number of phosphoric acid groups is 2. The number of rotatable bonds is 73. The standard InChI is InChI=1S/C76H140O17P2/c1-5-9-13-17-21-25-29-32-35-38-41-45-49-53-57-61-74(79)87-67-72(93-76(81)63-59-55-51-47-43-40-37-34-31-27-23-19-15-11-7-3)69-91-95(84,85)89-65-70(77)64-88-94(82,83)90-68-71(66-86-73(78)60-56-52-48-44-28-24-20-16-12-8-4)92-75(80)62-58-54-50-46-42-39-36-33-30-26-22-18-14-10-6-2/h25,27,29,31-32,34-35,37,70-72,77H,5-24,26,28,30,33,36,38-69H2,1-4H3,(H,82,83)(H,84,85)/b29-25-,31-27-,35-32-,37-34-/t70-,71+,72+/m0/s1. The fourth-order valence-electron chi connectivity index (χ4n) is 10.7. The normalized spacial score (nSPS) is 14.2. The van der Waals surface area contributed by atoms with Gasteiger partial charge in [-0.25, -0.2) is 9.13 Å². The zero-order valence-corrected chi connectivity index (χ0v) is 62.4. The third kappa shape index (κ3) is 69.3. The minimum Gasteiger partial charge on any atom is -0.462 e. The summed E-state index contributed by atoms with van der Waals surface area (Å²) in [7, 11) is -9.93. The van der Waals surface area contributed by atoms with E-state index in [-0.39, 0.29) is 25.7 Å². The molecule has 0 aliphatic carbocycles. The van der Waals surface area contributed by atoms with Crippen LogP contribution in [0.4, 0.5) is 0 Å². The van der Waals surface area contributed by atoms with Crippen molar-refractivity contribution in [2.45, 2.75) is 373 Å². The second kappa shape index (κ2) is 69.5. The summed E-state index contributed by atoms with van der Waals surface area (Å²) in [6, 6.07) is 0. The number of esters is 4. The molecule has 556 valence electrons. The number of allylic oxidation sites excluding steroid dienone is 8. The van der Waals surface area contributed by atoms with Gasteiger partial charge >= 0.3 is 39.5 Å². The summed E-state index contributed by atoms with van der Waals surface area (Å²) >= 11 is 0. The Bertz CT molecular complexity index is 2000. The Morgan fingerprint density at radius 3 is 0.768 bits per heavy atom. The Labute approximate surface area is 578 Å². The molecule has 0 saturated carbocycles. The van der Waals surface area contributed by atoms with Gasteiger partial charge in [-0.15, -0.1) is 0 Å². The Kier molecular flexibility index (Phi) is 67.3. The van der Waals surface area contributed by atoms with Gasteiger partial charge in [0.15, 0.2) is 12.2 Å². The first kappa shape index (κ1) is 92.0. The Hall–Kier alpha value is -2.98. The molecule has 0 fully saturated rings. The highest BCUT2D eigenvalue weighted by atomic mass is 31.2. The highest BCUT2D eigenvalue weighted by molar-refractivity contribution is 7.47. The zero-order valence-electron chi connectivity index (χ0n) is 60.6. The molecule has 0 spiro atoms. The van der Waals surface area contributed by atoms with E-state index in [1.54, 1.807) is 0 Å². The van der Waals surface area contributed by atoms with Crippen LogP contribution in [0.3, 0.4) is 0 Å². The van der Waals surface area contributed by atoms with Crippen LogP contribution in [-0.2, 0) is 65.4 Å². The van der Waals surface area contributed by atoms with Crippen LogP contribution in [0.5, 0.6) is 0 Å². The molecule has 3 N–H and O–H groups in total. The average Bonchev–Trinajstić information content (AvgIpc) is 3.29. The topological polar surface area (TPSA) is 237 Å². The van der Waals surface area contributed by atoms with E-state index in [0.717, 1.165) is 122 Å². The number of hydrogen-bond donors (Lipinski definition) is 3. The number of carbonyl (C=O) groups excluding carboxylic acids is 4. The fraction of sp³-hybridized carbons (Fsp3) is 0.842. The first-order valence-electron chi connectivity index (χ1n) is 38.4. The minimum absolute atomic E-state index is 0.0786. The Morgan fingerprint density at radius 2 is 0.505 bits per heavy atom. The molecular formula is C76H140O17P2. The second-order valence-electron chi connectivity index (χ2n) is 26.0. The number of carbonyl (C=O) groups is 4. The van der Waals surface area contributed by atoms with E-state index < -0.39 is 97.5 Å². The van der Waals surface area contributed by atoms with Crippen LogP contribution in [0.1, 0.15) is 355 Å². The predicted octanol–water partition coefficient (Wildman–Crippen LogP) is 21.7. The van der Waals surface area contributed by atoms with Gasteiger partial charge in [0.25, 0.3) is 0 Å². The summed E-state index contributed by atoms with van der Waals surface area (Å²) in [5.41, 5.74) is 0. The van der Waals surface area contributed by atoms with Crippen molar-refractivity contribution in [1.29, 1.82) is 0 Å². The van der Waals surface area contributed by atoms with Crippen LogP contribution < -0.4 is 0 Å². The van der Waals surface area contributed by atoms with E-state index in [0.29, 0.717) is 25.7 Å². The van der Waals surface area contributed by atoms with E-state index in [4.69, 9.17) is 37.0 Å². The molecule has 0 aliphatic heterocycles. The number of aliphatic hydroxyl groups is 1. The lowest BCUT2D eigenvalue weighted by Gasteiger charge is -2.21. The molecule has 0 aromatic rings. The van der Waals surface area contributed by atoms with Crippen LogP contribution in [0.2, 0.25) is 0 Å². The van der Waals surface area contributed by atoms with Gasteiger partial charge in [-0.1, -0.05) is 301 Å². The highest BCUT2D eigenvalue weighted by Crippen LogP contribution is 2.45. The van der Waals surface area contributed by atoms with Crippen LogP contribution >= 0.6 is 15.6 Å². The van der Waals surface area contributed by atoms with Crippen molar-refractivity contribution in [2.24, 2.45) is 0 Å². The molecule has 0 aliphatic rings. The first-order chi connectivity index (χ1) is 46.2. The van der Waals surface area contributed by atoms with Gasteiger partial charge in [0.2, 0.25) is 0 Å². The number of unbranched alkanes of at least 4 members (excludes halogenated alkanes) is 41. The van der Waals surface area contributed by atoms with Crippen LogP contribution in [-0.4, -0.2) is 96.7 Å². The molecule has 0 rings (SSSR count). The first-order valence-corrected chi connectivity index (χ1v) is 41.4. The van der Waals surface area contributed by atoms with E-state index in [9.17, 15) is 43.2 Å². The Balaban J connectivity index is 5.31. The number of ether oxygens (including phenoxy) is 4. The van der Waals surface area contributed by atoms with Crippen molar-refractivity contribution in [3.63, 3.8) is 0 Å². The van der Waals surface area contributed by atoms with Crippen molar-refractivity contribution >= 4 is 39.5 Å². The van der Waals surface area contributed by atoms with Crippen LogP contribution in [0.15, 0.2) is 48.6 Å². The minimum atomic E-state index is -4.97. The van der Waals surface area contributed by atoms with Crippen molar-refractivity contribution < 1.29 is 80.2 Å². The molecule has 0 aromatic heterocycles. The van der Waals surface area contributed by atoms with Gasteiger partial charge in [0, 0.05) is 25.7 Å². The fourth-order valence-corrected chi connectivity index (χ4v) is 12.3. The lowest BCUT2D eigenvalue weighted by Crippen LogP contribution is -2.30. The summed E-state index contributed by atoms with van der Waals surface area (Å²) < 4.78 is 68.4. The van der Waals surface area contributed by atoms with Crippen LogP contribution in [0.25, 0.3) is 0 Å². The van der Waals surface area contributed by atoms with Crippen molar-refractivity contribution in [3.05, 3.63) is 48.6 Å². The summed E-state index contributed by atoms with van der Waals surface area (Å²) in [6.45, 7) is 4.85. The lowest BCUT2D eigenvalue weighted by atomic mass is 10.0. The third-order valence-corrected chi connectivity index (χ3v) is 18.5. The van der Waals surface area contributed by atoms with Crippen molar-refractivity contribution in [3.8, 4) is 0 Å². The summed E-state index contributed by atoms with van der Waals surface area (Å²) in [4.78, 5) is 72.7. The number of aliphatic hydroxyl groups excluding tert-OH is 1. The second-order valence-corrected chi connectivity index (χ2v) is 28.9. The van der Waals surface area contributed by atoms with E-state index >= 15 is 0 Å². The molecule has 19 heteroatoms. The molecule has 0 radical (unpaired) electrons. The lowest BCUT2D eigenvalue weighted by molar-refractivity contribution is -0.161. The molecule has 95 heavy (non-hydrogen) atoms. The van der Waals surface area contributed by atoms with Gasteiger partial charge in [-0.2, -0.15) is 0 Å². The Morgan fingerprint density at radius 1 is 0.295 bits per heavy atom. The maximum absolute atomic E-state index is 13.1. The molecule has 0 aromatic carbocycles. The summed E-state index contributed by atoms with van der Waals surface area (Å²) in [6.07, 6.45) is 65.3. The van der Waals surface area contributed by atoms with E-state index in [1.807, 2.05) is 0 Å². The maximum Gasteiger partial charge on any atom is 0.472 e. The van der Waals surface area contributed by atoms with Gasteiger partial charge < -0.3 is 33.8 Å².